The Labute approximate surface area is 95.7 Å². The van der Waals surface area contributed by atoms with Crippen molar-refractivity contribution in [3.05, 3.63) is 23.4 Å². The zero-order valence-corrected chi connectivity index (χ0v) is 9.48. The summed E-state index contributed by atoms with van der Waals surface area (Å²) in [5.41, 5.74) is 7.52. The van der Waals surface area contributed by atoms with Crippen LogP contribution < -0.4 is 10.6 Å². The van der Waals surface area contributed by atoms with Gasteiger partial charge in [0.1, 0.15) is 11.9 Å². The normalized spacial score (nSPS) is 20.6. The molecule has 2 rings (SSSR count). The van der Waals surface area contributed by atoms with Gasteiger partial charge in [-0.1, -0.05) is 0 Å². The third kappa shape index (κ3) is 2.15. The average molecular weight is 216 g/mol. The maximum atomic E-state index is 9.06. The van der Waals surface area contributed by atoms with Crippen molar-refractivity contribution in [3.63, 3.8) is 0 Å². The largest absolute Gasteiger partial charge is 0.354 e. The number of nitriles is 1. The van der Waals surface area contributed by atoms with E-state index in [-0.39, 0.29) is 6.04 Å². The van der Waals surface area contributed by atoms with E-state index in [0.717, 1.165) is 37.4 Å². The number of nitrogens with zero attached hydrogens (tertiary/aromatic N) is 3. The molecule has 1 fully saturated rings. The molecule has 4 nitrogen and oxygen atoms in total. The smallest absolute Gasteiger partial charge is 0.146 e. The standard InChI is InChI=1S/C12H16N4/c1-9-4-5-10(7-13)12(15-9)16-6-2-3-11(14)8-16/h4-5,11H,2-3,6,8,14H2,1H3. The van der Waals surface area contributed by atoms with E-state index >= 15 is 0 Å². The molecule has 0 spiro atoms. The molecule has 84 valence electrons. The van der Waals surface area contributed by atoms with Crippen LogP contribution in [0.4, 0.5) is 5.82 Å². The van der Waals surface area contributed by atoms with Gasteiger partial charge in [0, 0.05) is 24.8 Å². The molecule has 2 heterocycles. The molecule has 2 N–H and O–H groups in total. The van der Waals surface area contributed by atoms with E-state index in [4.69, 9.17) is 11.0 Å². The molecule has 0 radical (unpaired) electrons. The molecule has 0 saturated carbocycles. The monoisotopic (exact) mass is 216 g/mol. The van der Waals surface area contributed by atoms with Crippen molar-refractivity contribution in [1.82, 2.24) is 4.98 Å². The fraction of sp³-hybridized carbons (Fsp3) is 0.500. The molecular weight excluding hydrogens is 200 g/mol. The summed E-state index contributed by atoms with van der Waals surface area (Å²) in [5, 5.41) is 9.06. The van der Waals surface area contributed by atoms with Crippen molar-refractivity contribution in [1.29, 1.82) is 5.26 Å². The second-order valence-electron chi connectivity index (χ2n) is 4.28. The van der Waals surface area contributed by atoms with Gasteiger partial charge in [0.05, 0.1) is 5.56 Å². The summed E-state index contributed by atoms with van der Waals surface area (Å²) >= 11 is 0. The Morgan fingerprint density at radius 2 is 2.38 bits per heavy atom. The summed E-state index contributed by atoms with van der Waals surface area (Å²) in [6.07, 6.45) is 2.13. The molecule has 1 aliphatic heterocycles. The minimum absolute atomic E-state index is 0.197. The van der Waals surface area contributed by atoms with Crippen molar-refractivity contribution < 1.29 is 0 Å². The number of nitrogens with two attached hydrogens (primary N) is 1. The van der Waals surface area contributed by atoms with Crippen molar-refractivity contribution in [2.75, 3.05) is 18.0 Å². The second-order valence-corrected chi connectivity index (χ2v) is 4.28. The Bertz CT molecular complexity index is 422. The number of aromatic nitrogens is 1. The molecule has 0 amide bonds. The Morgan fingerprint density at radius 3 is 3.06 bits per heavy atom. The van der Waals surface area contributed by atoms with E-state index in [1.165, 1.54) is 0 Å². The van der Waals surface area contributed by atoms with Gasteiger partial charge in [0.25, 0.3) is 0 Å². The van der Waals surface area contributed by atoms with Gasteiger partial charge in [0.2, 0.25) is 0 Å². The summed E-state index contributed by atoms with van der Waals surface area (Å²) in [6.45, 7) is 3.68. The van der Waals surface area contributed by atoms with Crippen LogP contribution in [0.2, 0.25) is 0 Å². The lowest BCUT2D eigenvalue weighted by Crippen LogP contribution is -2.43. The van der Waals surface area contributed by atoms with E-state index in [1.54, 1.807) is 0 Å². The number of pyridine rings is 1. The number of hydrogen-bond donors (Lipinski definition) is 1. The van der Waals surface area contributed by atoms with Gasteiger partial charge < -0.3 is 10.6 Å². The van der Waals surface area contributed by atoms with Gasteiger partial charge >= 0.3 is 0 Å². The lowest BCUT2D eigenvalue weighted by molar-refractivity contribution is 0.503. The van der Waals surface area contributed by atoms with E-state index < -0.39 is 0 Å². The van der Waals surface area contributed by atoms with Gasteiger partial charge in [0.15, 0.2) is 0 Å². The maximum Gasteiger partial charge on any atom is 0.146 e. The zero-order valence-electron chi connectivity index (χ0n) is 9.48. The minimum atomic E-state index is 0.197. The van der Waals surface area contributed by atoms with Crippen LogP contribution in [0.5, 0.6) is 0 Å². The van der Waals surface area contributed by atoms with Crippen LogP contribution in [0.15, 0.2) is 12.1 Å². The summed E-state index contributed by atoms with van der Waals surface area (Å²) in [7, 11) is 0. The first-order valence-corrected chi connectivity index (χ1v) is 5.59. The van der Waals surface area contributed by atoms with Gasteiger partial charge in [-0.25, -0.2) is 4.98 Å². The second kappa shape index (κ2) is 4.50. The summed E-state index contributed by atoms with van der Waals surface area (Å²) in [5.74, 6) is 0.789. The third-order valence-electron chi connectivity index (χ3n) is 2.89. The Balaban J connectivity index is 2.31. The van der Waals surface area contributed by atoms with Crippen LogP contribution in [0.3, 0.4) is 0 Å². The van der Waals surface area contributed by atoms with E-state index in [9.17, 15) is 0 Å². The van der Waals surface area contributed by atoms with Crippen molar-refractivity contribution in [2.45, 2.75) is 25.8 Å². The molecule has 16 heavy (non-hydrogen) atoms. The molecule has 0 bridgehead atoms. The number of anilines is 1. The molecule has 1 unspecified atom stereocenters. The average Bonchev–Trinajstić information content (AvgIpc) is 2.29. The molecule has 1 atom stereocenters. The van der Waals surface area contributed by atoms with Crippen molar-refractivity contribution in [2.24, 2.45) is 5.73 Å². The summed E-state index contributed by atoms with van der Waals surface area (Å²) in [4.78, 5) is 6.57. The number of piperidine rings is 1. The van der Waals surface area contributed by atoms with Crippen molar-refractivity contribution >= 4 is 5.82 Å². The van der Waals surface area contributed by atoms with E-state index in [0.29, 0.717) is 5.56 Å². The van der Waals surface area contributed by atoms with Gasteiger partial charge in [-0.3, -0.25) is 0 Å². The lowest BCUT2D eigenvalue weighted by atomic mass is 10.1. The topological polar surface area (TPSA) is 65.9 Å². The highest BCUT2D eigenvalue weighted by molar-refractivity contribution is 5.54. The zero-order chi connectivity index (χ0) is 11.5. The maximum absolute atomic E-state index is 9.06. The summed E-state index contributed by atoms with van der Waals surface area (Å²) in [6, 6.07) is 6.08. The Morgan fingerprint density at radius 1 is 1.56 bits per heavy atom. The van der Waals surface area contributed by atoms with Gasteiger partial charge in [-0.05, 0) is 31.9 Å². The van der Waals surface area contributed by atoms with Crippen LogP contribution in [0.1, 0.15) is 24.1 Å². The highest BCUT2D eigenvalue weighted by Gasteiger charge is 2.20. The van der Waals surface area contributed by atoms with Crippen LogP contribution in [-0.4, -0.2) is 24.1 Å². The molecule has 0 aliphatic carbocycles. The lowest BCUT2D eigenvalue weighted by Gasteiger charge is -2.32. The van der Waals surface area contributed by atoms with Crippen molar-refractivity contribution in [3.8, 4) is 6.07 Å². The van der Waals surface area contributed by atoms with E-state index in [2.05, 4.69) is 16.0 Å². The highest BCUT2D eigenvalue weighted by Crippen LogP contribution is 2.21. The third-order valence-corrected chi connectivity index (χ3v) is 2.89. The number of hydrogen-bond acceptors (Lipinski definition) is 4. The predicted molar refractivity (Wildman–Crippen MR) is 63.1 cm³/mol. The predicted octanol–water partition coefficient (Wildman–Crippen LogP) is 1.19. The first-order valence-electron chi connectivity index (χ1n) is 5.59. The SMILES string of the molecule is Cc1ccc(C#N)c(N2CCCC(N)C2)n1. The summed E-state index contributed by atoms with van der Waals surface area (Å²) < 4.78 is 0. The molecule has 1 aromatic heterocycles. The van der Waals surface area contributed by atoms with Gasteiger partial charge in [-0.15, -0.1) is 0 Å². The fourth-order valence-corrected chi connectivity index (χ4v) is 2.07. The quantitative estimate of drug-likeness (QED) is 0.765. The van der Waals surface area contributed by atoms with E-state index in [1.807, 2.05) is 19.1 Å². The first kappa shape index (κ1) is 10.9. The Kier molecular flexibility index (Phi) is 3.07. The first-order chi connectivity index (χ1) is 7.70. The fourth-order valence-electron chi connectivity index (χ4n) is 2.07. The Hall–Kier alpha value is -1.60. The van der Waals surface area contributed by atoms with Crippen LogP contribution in [0, 0.1) is 18.3 Å². The molecule has 1 aromatic rings. The molecular formula is C12H16N4. The van der Waals surface area contributed by atoms with Crippen LogP contribution in [0.25, 0.3) is 0 Å². The highest BCUT2D eigenvalue weighted by atomic mass is 15.2. The van der Waals surface area contributed by atoms with Crippen LogP contribution >= 0.6 is 0 Å². The van der Waals surface area contributed by atoms with Gasteiger partial charge in [-0.2, -0.15) is 5.26 Å². The minimum Gasteiger partial charge on any atom is -0.354 e. The molecule has 0 aromatic carbocycles. The molecule has 4 heteroatoms. The number of aryl methyl sites for hydroxylation is 1. The number of rotatable bonds is 1. The van der Waals surface area contributed by atoms with Crippen LogP contribution in [-0.2, 0) is 0 Å². The molecule has 1 aliphatic rings. The molecule has 1 saturated heterocycles.